The number of likely N-dealkylation sites (N-methyl/N-ethyl adjacent to an activating group) is 1. The lowest BCUT2D eigenvalue weighted by Gasteiger charge is -2.50. The predicted octanol–water partition coefficient (Wildman–Crippen LogP) is 2.87. The molecule has 2 rings (SSSR count). The van der Waals surface area contributed by atoms with Gasteiger partial charge in [0.05, 0.1) is 0 Å². The number of hydrogen-bond acceptors (Lipinski definition) is 3. The Balaban J connectivity index is 2.07. The summed E-state index contributed by atoms with van der Waals surface area (Å²) >= 11 is 2.11. The van der Waals surface area contributed by atoms with Crippen LogP contribution >= 0.6 is 11.8 Å². The third kappa shape index (κ3) is 2.99. The number of hydrogen-bond donors (Lipinski definition) is 1. The number of nitrogens with two attached hydrogens (primary N) is 1. The molecular formula is C14H28N2S. The third-order valence-electron chi connectivity index (χ3n) is 4.65. The Morgan fingerprint density at radius 1 is 1.24 bits per heavy atom. The fourth-order valence-electron chi connectivity index (χ4n) is 3.72. The molecule has 0 aromatic heterocycles. The lowest BCUT2D eigenvalue weighted by Crippen LogP contribution is -2.60. The minimum Gasteiger partial charge on any atom is -0.329 e. The Morgan fingerprint density at radius 2 is 2.00 bits per heavy atom. The number of rotatable bonds is 4. The molecular weight excluding hydrogens is 228 g/mol. The molecule has 1 heterocycles. The first-order chi connectivity index (χ1) is 8.32. The van der Waals surface area contributed by atoms with Gasteiger partial charge in [-0.25, -0.2) is 0 Å². The smallest absolute Gasteiger partial charge is 0.0425 e. The Kier molecular flexibility index (Phi) is 5.19. The highest BCUT2D eigenvalue weighted by Gasteiger charge is 2.39. The molecule has 1 aliphatic heterocycles. The zero-order valence-corrected chi connectivity index (χ0v) is 12.1. The van der Waals surface area contributed by atoms with Crippen molar-refractivity contribution in [2.24, 2.45) is 5.73 Å². The van der Waals surface area contributed by atoms with Crippen LogP contribution in [0, 0.1) is 0 Å². The molecule has 1 aliphatic carbocycles. The van der Waals surface area contributed by atoms with Gasteiger partial charge in [0, 0.05) is 23.9 Å². The van der Waals surface area contributed by atoms with E-state index in [1.165, 1.54) is 63.0 Å². The normalized spacial score (nSPS) is 31.9. The van der Waals surface area contributed by atoms with E-state index in [2.05, 4.69) is 23.6 Å². The van der Waals surface area contributed by atoms with E-state index < -0.39 is 0 Å². The lowest BCUT2D eigenvalue weighted by atomic mass is 9.86. The zero-order valence-electron chi connectivity index (χ0n) is 11.3. The first-order valence-corrected chi connectivity index (χ1v) is 8.52. The molecule has 0 radical (unpaired) electrons. The largest absolute Gasteiger partial charge is 0.329 e. The summed E-state index contributed by atoms with van der Waals surface area (Å²) in [6, 6.07) is 0.816. The molecule has 17 heavy (non-hydrogen) atoms. The molecule has 0 aromatic carbocycles. The summed E-state index contributed by atoms with van der Waals surface area (Å²) in [7, 11) is 0. The maximum atomic E-state index is 6.17. The Bertz CT molecular complexity index is 220. The van der Waals surface area contributed by atoms with Gasteiger partial charge in [0.2, 0.25) is 0 Å². The van der Waals surface area contributed by atoms with E-state index in [9.17, 15) is 0 Å². The van der Waals surface area contributed by atoms with Crippen molar-refractivity contribution in [2.45, 2.75) is 63.5 Å². The first kappa shape index (κ1) is 13.7. The standard InChI is InChI=1S/C14H28N2S/c1-2-16(13-7-4-3-5-8-13)14(11-15)9-6-10-17-12-14/h13H,2-12,15H2,1H3. The molecule has 0 bridgehead atoms. The summed E-state index contributed by atoms with van der Waals surface area (Å²) < 4.78 is 0. The van der Waals surface area contributed by atoms with E-state index in [0.29, 0.717) is 5.54 Å². The van der Waals surface area contributed by atoms with Gasteiger partial charge in [-0.05, 0) is 38.0 Å². The van der Waals surface area contributed by atoms with Crippen molar-refractivity contribution < 1.29 is 0 Å². The van der Waals surface area contributed by atoms with Crippen LogP contribution in [0.2, 0.25) is 0 Å². The Hall–Kier alpha value is 0.270. The molecule has 0 aromatic rings. The van der Waals surface area contributed by atoms with Gasteiger partial charge in [0.15, 0.2) is 0 Å². The number of nitrogens with zero attached hydrogens (tertiary/aromatic N) is 1. The van der Waals surface area contributed by atoms with Crippen LogP contribution in [-0.4, -0.2) is 41.1 Å². The van der Waals surface area contributed by atoms with Gasteiger partial charge >= 0.3 is 0 Å². The molecule has 2 aliphatic rings. The quantitative estimate of drug-likeness (QED) is 0.838. The summed E-state index contributed by atoms with van der Waals surface area (Å²) in [6.07, 6.45) is 9.77. The van der Waals surface area contributed by atoms with Crippen molar-refractivity contribution in [2.75, 3.05) is 24.6 Å². The minimum atomic E-state index is 0.319. The second-order valence-electron chi connectivity index (χ2n) is 5.66. The Morgan fingerprint density at radius 3 is 2.53 bits per heavy atom. The summed E-state index contributed by atoms with van der Waals surface area (Å²) in [5.41, 5.74) is 6.49. The molecule has 1 saturated carbocycles. The zero-order chi connectivity index (χ0) is 12.1. The average molecular weight is 256 g/mol. The molecule has 0 spiro atoms. The first-order valence-electron chi connectivity index (χ1n) is 7.37. The van der Waals surface area contributed by atoms with Crippen LogP contribution in [-0.2, 0) is 0 Å². The van der Waals surface area contributed by atoms with Crippen molar-refractivity contribution in [1.82, 2.24) is 4.90 Å². The topological polar surface area (TPSA) is 29.3 Å². The van der Waals surface area contributed by atoms with E-state index in [1.54, 1.807) is 0 Å². The molecule has 1 unspecified atom stereocenters. The van der Waals surface area contributed by atoms with Gasteiger partial charge in [0.25, 0.3) is 0 Å². The molecule has 3 heteroatoms. The maximum absolute atomic E-state index is 6.17. The fraction of sp³-hybridized carbons (Fsp3) is 1.00. The van der Waals surface area contributed by atoms with Gasteiger partial charge in [-0.3, -0.25) is 4.90 Å². The van der Waals surface area contributed by atoms with Crippen molar-refractivity contribution in [3.05, 3.63) is 0 Å². The molecule has 1 atom stereocenters. The van der Waals surface area contributed by atoms with Gasteiger partial charge < -0.3 is 5.73 Å². The van der Waals surface area contributed by atoms with Crippen molar-refractivity contribution in [3.8, 4) is 0 Å². The third-order valence-corrected chi connectivity index (χ3v) is 5.97. The van der Waals surface area contributed by atoms with Crippen LogP contribution in [0.15, 0.2) is 0 Å². The van der Waals surface area contributed by atoms with Crippen LogP contribution < -0.4 is 5.73 Å². The highest BCUT2D eigenvalue weighted by atomic mass is 32.2. The number of thioether (sulfide) groups is 1. The van der Waals surface area contributed by atoms with Crippen molar-refractivity contribution in [1.29, 1.82) is 0 Å². The summed E-state index contributed by atoms with van der Waals surface area (Å²) in [5, 5.41) is 0. The van der Waals surface area contributed by atoms with Crippen LogP contribution in [0.5, 0.6) is 0 Å². The van der Waals surface area contributed by atoms with Crippen LogP contribution in [0.1, 0.15) is 51.9 Å². The molecule has 0 amide bonds. The second kappa shape index (κ2) is 6.44. The van der Waals surface area contributed by atoms with Gasteiger partial charge in [-0.15, -0.1) is 0 Å². The minimum absolute atomic E-state index is 0.319. The monoisotopic (exact) mass is 256 g/mol. The van der Waals surface area contributed by atoms with Crippen LogP contribution in [0.3, 0.4) is 0 Å². The van der Waals surface area contributed by atoms with E-state index in [-0.39, 0.29) is 0 Å². The predicted molar refractivity (Wildman–Crippen MR) is 77.6 cm³/mol. The highest BCUT2D eigenvalue weighted by Crippen LogP contribution is 2.36. The molecule has 2 N–H and O–H groups in total. The van der Waals surface area contributed by atoms with E-state index >= 15 is 0 Å². The fourth-order valence-corrected chi connectivity index (χ4v) is 5.02. The average Bonchev–Trinajstić information content (AvgIpc) is 2.42. The van der Waals surface area contributed by atoms with E-state index in [4.69, 9.17) is 5.73 Å². The van der Waals surface area contributed by atoms with E-state index in [0.717, 1.165) is 12.6 Å². The lowest BCUT2D eigenvalue weighted by molar-refractivity contribution is 0.0425. The SMILES string of the molecule is CCN(C1CCCCC1)C1(CN)CCCSC1. The van der Waals surface area contributed by atoms with E-state index in [1.807, 2.05) is 0 Å². The molecule has 100 valence electrons. The van der Waals surface area contributed by atoms with Crippen molar-refractivity contribution >= 4 is 11.8 Å². The summed E-state index contributed by atoms with van der Waals surface area (Å²) in [5.74, 6) is 2.60. The van der Waals surface area contributed by atoms with Gasteiger partial charge in [-0.1, -0.05) is 26.2 Å². The molecule has 2 nitrogen and oxygen atoms in total. The van der Waals surface area contributed by atoms with Crippen LogP contribution in [0.4, 0.5) is 0 Å². The van der Waals surface area contributed by atoms with Crippen LogP contribution in [0.25, 0.3) is 0 Å². The second-order valence-corrected chi connectivity index (χ2v) is 6.77. The van der Waals surface area contributed by atoms with Gasteiger partial charge in [0.1, 0.15) is 0 Å². The summed E-state index contributed by atoms with van der Waals surface area (Å²) in [4.78, 5) is 2.78. The Labute approximate surface area is 111 Å². The molecule has 2 fully saturated rings. The highest BCUT2D eigenvalue weighted by molar-refractivity contribution is 7.99. The molecule has 1 saturated heterocycles. The summed E-state index contributed by atoms with van der Waals surface area (Å²) in [6.45, 7) is 4.36. The van der Waals surface area contributed by atoms with Gasteiger partial charge in [-0.2, -0.15) is 11.8 Å². The van der Waals surface area contributed by atoms with Crippen molar-refractivity contribution in [3.63, 3.8) is 0 Å². The maximum Gasteiger partial charge on any atom is 0.0425 e.